The Labute approximate surface area is 136 Å². The van der Waals surface area contributed by atoms with E-state index in [1.54, 1.807) is 6.33 Å². The van der Waals surface area contributed by atoms with Gasteiger partial charge >= 0.3 is 0 Å². The van der Waals surface area contributed by atoms with Crippen LogP contribution in [0.4, 0.5) is 5.82 Å². The normalized spacial score (nSPS) is 12.7. The van der Waals surface area contributed by atoms with E-state index in [9.17, 15) is 0 Å². The highest BCUT2D eigenvalue weighted by Gasteiger charge is 2.16. The van der Waals surface area contributed by atoms with Gasteiger partial charge in [-0.3, -0.25) is 4.68 Å². The van der Waals surface area contributed by atoms with Gasteiger partial charge < -0.3 is 10.2 Å². The van der Waals surface area contributed by atoms with Crippen LogP contribution in [0.1, 0.15) is 17.2 Å². The smallest absolute Gasteiger partial charge is 0.137 e. The molecule has 0 amide bonds. The molecule has 1 aromatic carbocycles. The van der Waals surface area contributed by atoms with E-state index < -0.39 is 0 Å². The van der Waals surface area contributed by atoms with Gasteiger partial charge in [-0.15, -0.1) is 0 Å². The average Bonchev–Trinajstić information content (AvgIpc) is 2.93. The predicted molar refractivity (Wildman–Crippen MR) is 92.4 cm³/mol. The summed E-state index contributed by atoms with van der Waals surface area (Å²) in [5, 5.41) is 8.80. The van der Waals surface area contributed by atoms with E-state index in [1.165, 1.54) is 11.1 Å². The third-order valence-electron chi connectivity index (χ3n) is 3.99. The van der Waals surface area contributed by atoms with Crippen LogP contribution in [0.15, 0.2) is 36.9 Å². The Kier molecular flexibility index (Phi) is 4.25. The molecule has 3 aromatic rings. The van der Waals surface area contributed by atoms with Crippen molar-refractivity contribution in [1.29, 1.82) is 0 Å². The van der Waals surface area contributed by atoms with Crippen LogP contribution < -0.4 is 5.32 Å². The number of nitrogens with one attached hydrogen (secondary N) is 1. The Morgan fingerprint density at radius 2 is 2.09 bits per heavy atom. The van der Waals surface area contributed by atoms with Crippen molar-refractivity contribution in [3.8, 4) is 0 Å². The lowest BCUT2D eigenvalue weighted by atomic mass is 10.1. The maximum Gasteiger partial charge on any atom is 0.137 e. The number of likely N-dealkylation sites (N-methyl/N-ethyl adjacent to an activating group) is 1. The topological polar surface area (TPSA) is 58.9 Å². The third kappa shape index (κ3) is 3.32. The van der Waals surface area contributed by atoms with Gasteiger partial charge in [-0.25, -0.2) is 9.97 Å². The monoisotopic (exact) mass is 310 g/mol. The lowest BCUT2D eigenvalue weighted by Gasteiger charge is -2.24. The van der Waals surface area contributed by atoms with Gasteiger partial charge in [-0.05, 0) is 33.2 Å². The fourth-order valence-corrected chi connectivity index (χ4v) is 2.72. The molecule has 0 aliphatic rings. The molecule has 0 bridgehead atoms. The predicted octanol–water partition coefficient (Wildman–Crippen LogP) is 2.39. The highest BCUT2D eigenvalue weighted by atomic mass is 15.2. The third-order valence-corrected chi connectivity index (χ3v) is 3.99. The zero-order chi connectivity index (χ0) is 16.4. The van der Waals surface area contributed by atoms with Crippen molar-refractivity contribution in [3.05, 3.63) is 48.0 Å². The van der Waals surface area contributed by atoms with Crippen LogP contribution in [0.2, 0.25) is 0 Å². The molecule has 2 aromatic heterocycles. The summed E-state index contributed by atoms with van der Waals surface area (Å²) >= 11 is 0. The number of aryl methyl sites for hydroxylation is 2. The van der Waals surface area contributed by atoms with E-state index in [2.05, 4.69) is 64.6 Å². The number of nitrogens with zero attached hydrogens (tertiary/aromatic N) is 5. The van der Waals surface area contributed by atoms with Crippen LogP contribution in [-0.2, 0) is 7.05 Å². The Bertz CT molecular complexity index is 808. The first-order chi connectivity index (χ1) is 11.0. The molecule has 120 valence electrons. The highest BCUT2D eigenvalue weighted by Crippen LogP contribution is 2.23. The van der Waals surface area contributed by atoms with E-state index in [1.807, 2.05) is 24.0 Å². The molecule has 6 nitrogen and oxygen atoms in total. The number of fused-ring (bicyclic) bond motifs is 1. The van der Waals surface area contributed by atoms with Gasteiger partial charge in [0.1, 0.15) is 12.1 Å². The average molecular weight is 310 g/mol. The lowest BCUT2D eigenvalue weighted by molar-refractivity contribution is 0.311. The zero-order valence-corrected chi connectivity index (χ0v) is 14.0. The van der Waals surface area contributed by atoms with Crippen molar-refractivity contribution in [1.82, 2.24) is 24.6 Å². The number of hydrogen-bond donors (Lipinski definition) is 1. The van der Waals surface area contributed by atoms with Crippen molar-refractivity contribution in [3.63, 3.8) is 0 Å². The van der Waals surface area contributed by atoms with E-state index >= 15 is 0 Å². The molecule has 0 aliphatic heterocycles. The van der Waals surface area contributed by atoms with Crippen molar-refractivity contribution >= 4 is 16.7 Å². The van der Waals surface area contributed by atoms with Crippen LogP contribution in [0.25, 0.3) is 10.9 Å². The minimum absolute atomic E-state index is 0.221. The first-order valence-corrected chi connectivity index (χ1v) is 7.65. The second-order valence-corrected chi connectivity index (χ2v) is 6.05. The maximum atomic E-state index is 4.42. The summed E-state index contributed by atoms with van der Waals surface area (Å²) in [5.74, 6) is 0.870. The highest BCUT2D eigenvalue weighted by molar-refractivity contribution is 5.89. The van der Waals surface area contributed by atoms with Crippen LogP contribution in [0, 0.1) is 6.92 Å². The van der Waals surface area contributed by atoms with E-state index in [4.69, 9.17) is 0 Å². The molecule has 6 heteroatoms. The van der Waals surface area contributed by atoms with Gasteiger partial charge in [-0.1, -0.05) is 11.6 Å². The molecule has 0 aliphatic carbocycles. The van der Waals surface area contributed by atoms with Crippen molar-refractivity contribution in [2.24, 2.45) is 7.05 Å². The number of hydrogen-bond acceptors (Lipinski definition) is 5. The summed E-state index contributed by atoms with van der Waals surface area (Å²) in [6.07, 6.45) is 5.57. The molecular weight excluding hydrogens is 288 g/mol. The van der Waals surface area contributed by atoms with Crippen LogP contribution in [0.3, 0.4) is 0 Å². The number of aromatic nitrogens is 4. The van der Waals surface area contributed by atoms with Gasteiger partial charge in [0.2, 0.25) is 0 Å². The summed E-state index contributed by atoms with van der Waals surface area (Å²) in [6, 6.07) is 6.43. The van der Waals surface area contributed by atoms with Gasteiger partial charge in [-0.2, -0.15) is 5.10 Å². The molecule has 0 radical (unpaired) electrons. The second-order valence-electron chi connectivity index (χ2n) is 6.05. The molecule has 3 rings (SSSR count). The summed E-state index contributed by atoms with van der Waals surface area (Å²) in [4.78, 5) is 10.9. The van der Waals surface area contributed by atoms with Gasteiger partial charge in [0, 0.05) is 30.7 Å². The standard InChI is InChI=1S/C17H22N6/c1-12-5-6-15-14(7-12)17(20-11-19-15)18-9-16(22(2)3)13-8-21-23(4)10-13/h5-8,10-11,16H,9H2,1-4H3,(H,18,19,20). The summed E-state index contributed by atoms with van der Waals surface area (Å²) < 4.78 is 1.83. The van der Waals surface area contributed by atoms with Crippen molar-refractivity contribution in [2.75, 3.05) is 26.0 Å². The quantitative estimate of drug-likeness (QED) is 0.784. The minimum Gasteiger partial charge on any atom is -0.368 e. The largest absolute Gasteiger partial charge is 0.368 e. The van der Waals surface area contributed by atoms with Gasteiger partial charge in [0.15, 0.2) is 0 Å². The van der Waals surface area contributed by atoms with E-state index in [-0.39, 0.29) is 6.04 Å². The van der Waals surface area contributed by atoms with E-state index in [0.29, 0.717) is 0 Å². The number of rotatable bonds is 5. The summed E-state index contributed by atoms with van der Waals surface area (Å²) in [6.45, 7) is 2.83. The van der Waals surface area contributed by atoms with Crippen LogP contribution in [-0.4, -0.2) is 45.3 Å². The summed E-state index contributed by atoms with van der Waals surface area (Å²) in [5.41, 5.74) is 3.34. The Balaban J connectivity index is 1.85. The number of anilines is 1. The first-order valence-electron chi connectivity index (χ1n) is 7.65. The van der Waals surface area contributed by atoms with Crippen LogP contribution in [0.5, 0.6) is 0 Å². The number of benzene rings is 1. The fraction of sp³-hybridized carbons (Fsp3) is 0.353. The van der Waals surface area contributed by atoms with E-state index in [0.717, 1.165) is 23.3 Å². The molecule has 0 spiro atoms. The molecule has 2 heterocycles. The Morgan fingerprint density at radius 3 is 2.78 bits per heavy atom. The SMILES string of the molecule is Cc1ccc2ncnc(NCC(c3cnn(C)c3)N(C)C)c2c1. The molecular formula is C17H22N6. The molecule has 0 saturated carbocycles. The maximum absolute atomic E-state index is 4.42. The minimum atomic E-state index is 0.221. The molecule has 0 fully saturated rings. The molecule has 1 unspecified atom stereocenters. The zero-order valence-electron chi connectivity index (χ0n) is 14.0. The van der Waals surface area contributed by atoms with Crippen molar-refractivity contribution < 1.29 is 0 Å². The van der Waals surface area contributed by atoms with Gasteiger partial charge in [0.25, 0.3) is 0 Å². The first kappa shape index (κ1) is 15.4. The molecule has 0 saturated heterocycles. The fourth-order valence-electron chi connectivity index (χ4n) is 2.72. The Morgan fingerprint density at radius 1 is 1.26 bits per heavy atom. The Hall–Kier alpha value is -2.47. The second kappa shape index (κ2) is 6.34. The van der Waals surface area contributed by atoms with Crippen LogP contribution >= 0.6 is 0 Å². The molecule has 1 N–H and O–H groups in total. The lowest BCUT2D eigenvalue weighted by Crippen LogP contribution is -2.26. The van der Waals surface area contributed by atoms with Gasteiger partial charge in [0.05, 0.1) is 17.8 Å². The van der Waals surface area contributed by atoms with Crippen molar-refractivity contribution in [2.45, 2.75) is 13.0 Å². The molecule has 23 heavy (non-hydrogen) atoms. The molecule has 1 atom stereocenters. The summed E-state index contributed by atoms with van der Waals surface area (Å²) in [7, 11) is 6.08.